The number of amides is 1. The minimum atomic E-state index is 0. The van der Waals surface area contributed by atoms with Crippen molar-refractivity contribution in [1.29, 1.82) is 0 Å². The monoisotopic (exact) mass is 396 g/mol. The molecule has 0 aliphatic carbocycles. The van der Waals surface area contributed by atoms with Crippen LogP contribution >= 0.6 is 28.3 Å². The summed E-state index contributed by atoms with van der Waals surface area (Å²) in [4.78, 5) is 14.3. The molecule has 5 heteroatoms. The van der Waals surface area contributed by atoms with Gasteiger partial charge in [0.1, 0.15) is 0 Å². The number of hydrogen-bond acceptors (Lipinski definition) is 2. The summed E-state index contributed by atoms with van der Waals surface area (Å²) in [7, 11) is 0. The molecule has 0 unspecified atom stereocenters. The number of benzene rings is 2. The third-order valence-electron chi connectivity index (χ3n) is 3.53. The standard InChI is InChI=1S/C18H21BrN2O.ClH/c19-17-8-6-16(7-9-17)14-18(22)21(13-11-20)12-10-15-4-2-1-3-5-15;/h1-9H,10-14,20H2;1H. The first-order valence-corrected chi connectivity index (χ1v) is 8.24. The molecule has 2 aromatic carbocycles. The predicted molar refractivity (Wildman–Crippen MR) is 101 cm³/mol. The summed E-state index contributed by atoms with van der Waals surface area (Å²) in [5.74, 6) is 0.128. The van der Waals surface area contributed by atoms with Crippen LogP contribution in [0.25, 0.3) is 0 Å². The average molecular weight is 398 g/mol. The van der Waals surface area contributed by atoms with Crippen LogP contribution in [0.4, 0.5) is 0 Å². The van der Waals surface area contributed by atoms with Crippen molar-refractivity contribution in [3.63, 3.8) is 0 Å². The van der Waals surface area contributed by atoms with Crippen molar-refractivity contribution in [2.75, 3.05) is 19.6 Å². The predicted octanol–water partition coefficient (Wildman–Crippen LogP) is 3.44. The lowest BCUT2D eigenvalue weighted by atomic mass is 10.1. The molecule has 0 saturated heterocycles. The van der Waals surface area contributed by atoms with Crippen LogP contribution in [0.2, 0.25) is 0 Å². The van der Waals surface area contributed by atoms with E-state index in [1.165, 1.54) is 5.56 Å². The zero-order valence-electron chi connectivity index (χ0n) is 13.0. The van der Waals surface area contributed by atoms with Gasteiger partial charge in [0.15, 0.2) is 0 Å². The van der Waals surface area contributed by atoms with E-state index in [2.05, 4.69) is 28.1 Å². The Morgan fingerprint density at radius 3 is 2.22 bits per heavy atom. The first kappa shape index (κ1) is 19.7. The molecule has 0 saturated carbocycles. The number of carbonyl (C=O) groups is 1. The smallest absolute Gasteiger partial charge is 0.227 e. The van der Waals surface area contributed by atoms with Gasteiger partial charge in [-0.25, -0.2) is 0 Å². The van der Waals surface area contributed by atoms with Crippen LogP contribution in [0.15, 0.2) is 59.1 Å². The Hall–Kier alpha value is -1.36. The largest absolute Gasteiger partial charge is 0.341 e. The number of nitrogens with zero attached hydrogens (tertiary/aromatic N) is 1. The second kappa shape index (κ2) is 10.4. The lowest BCUT2D eigenvalue weighted by molar-refractivity contribution is -0.130. The summed E-state index contributed by atoms with van der Waals surface area (Å²) in [5, 5.41) is 0. The Morgan fingerprint density at radius 1 is 0.957 bits per heavy atom. The van der Waals surface area contributed by atoms with Gasteiger partial charge in [-0.15, -0.1) is 12.4 Å². The van der Waals surface area contributed by atoms with E-state index in [1.807, 2.05) is 47.4 Å². The van der Waals surface area contributed by atoms with Crippen LogP contribution in [-0.2, 0) is 17.6 Å². The molecule has 0 bridgehead atoms. The second-order valence-corrected chi connectivity index (χ2v) is 6.12. The van der Waals surface area contributed by atoms with E-state index in [0.29, 0.717) is 26.1 Å². The maximum absolute atomic E-state index is 12.5. The minimum Gasteiger partial charge on any atom is -0.341 e. The van der Waals surface area contributed by atoms with Crippen molar-refractivity contribution in [2.24, 2.45) is 5.73 Å². The van der Waals surface area contributed by atoms with Gasteiger partial charge < -0.3 is 10.6 Å². The molecule has 124 valence electrons. The summed E-state index contributed by atoms with van der Waals surface area (Å²) >= 11 is 3.40. The molecular formula is C18H22BrClN2O. The molecule has 23 heavy (non-hydrogen) atoms. The molecule has 0 fully saturated rings. The van der Waals surface area contributed by atoms with Gasteiger partial charge in [-0.05, 0) is 29.7 Å². The third kappa shape index (κ3) is 6.73. The summed E-state index contributed by atoms with van der Waals surface area (Å²) in [6.45, 7) is 1.79. The van der Waals surface area contributed by atoms with E-state index in [4.69, 9.17) is 5.73 Å². The van der Waals surface area contributed by atoms with Gasteiger partial charge in [-0.2, -0.15) is 0 Å². The fourth-order valence-corrected chi connectivity index (χ4v) is 2.58. The second-order valence-electron chi connectivity index (χ2n) is 5.21. The van der Waals surface area contributed by atoms with E-state index in [-0.39, 0.29) is 18.3 Å². The molecule has 0 aliphatic heterocycles. The number of nitrogens with two attached hydrogens (primary N) is 1. The van der Waals surface area contributed by atoms with Gasteiger partial charge in [0.05, 0.1) is 6.42 Å². The Labute approximate surface area is 152 Å². The Morgan fingerprint density at radius 2 is 1.61 bits per heavy atom. The fraction of sp³-hybridized carbons (Fsp3) is 0.278. The SMILES string of the molecule is Cl.NCCN(CCc1ccccc1)C(=O)Cc1ccc(Br)cc1. The first-order valence-electron chi connectivity index (χ1n) is 7.45. The molecule has 0 radical (unpaired) electrons. The number of hydrogen-bond donors (Lipinski definition) is 1. The van der Waals surface area contributed by atoms with Crippen LogP contribution in [0.3, 0.4) is 0 Å². The summed E-state index contributed by atoms with van der Waals surface area (Å²) in [6.07, 6.45) is 1.27. The summed E-state index contributed by atoms with van der Waals surface area (Å²) in [6, 6.07) is 18.1. The average Bonchev–Trinajstić information content (AvgIpc) is 2.54. The van der Waals surface area contributed by atoms with Crippen molar-refractivity contribution in [3.8, 4) is 0 Å². The highest BCUT2D eigenvalue weighted by atomic mass is 79.9. The van der Waals surface area contributed by atoms with Crippen LogP contribution < -0.4 is 5.73 Å². The van der Waals surface area contributed by atoms with Gasteiger partial charge >= 0.3 is 0 Å². The van der Waals surface area contributed by atoms with Crippen LogP contribution in [0.1, 0.15) is 11.1 Å². The molecule has 2 aromatic rings. The Balaban J connectivity index is 0.00000264. The molecule has 2 rings (SSSR count). The number of halogens is 2. The molecule has 0 aromatic heterocycles. The topological polar surface area (TPSA) is 46.3 Å². The van der Waals surface area contributed by atoms with Crippen molar-refractivity contribution in [1.82, 2.24) is 4.90 Å². The lowest BCUT2D eigenvalue weighted by Gasteiger charge is -2.22. The highest BCUT2D eigenvalue weighted by molar-refractivity contribution is 9.10. The van der Waals surface area contributed by atoms with Crippen molar-refractivity contribution >= 4 is 34.2 Å². The summed E-state index contributed by atoms with van der Waals surface area (Å²) in [5.41, 5.74) is 7.91. The zero-order chi connectivity index (χ0) is 15.8. The van der Waals surface area contributed by atoms with Crippen molar-refractivity contribution in [2.45, 2.75) is 12.8 Å². The molecule has 2 N–H and O–H groups in total. The van der Waals surface area contributed by atoms with E-state index in [1.54, 1.807) is 0 Å². The minimum absolute atomic E-state index is 0. The van der Waals surface area contributed by atoms with Crippen LogP contribution in [0.5, 0.6) is 0 Å². The molecule has 3 nitrogen and oxygen atoms in total. The lowest BCUT2D eigenvalue weighted by Crippen LogP contribution is -2.37. The Bertz CT molecular complexity index is 590. The van der Waals surface area contributed by atoms with Gasteiger partial charge in [-0.1, -0.05) is 58.4 Å². The van der Waals surface area contributed by atoms with Crippen LogP contribution in [0, 0.1) is 0 Å². The van der Waals surface area contributed by atoms with E-state index < -0.39 is 0 Å². The number of rotatable bonds is 7. The van der Waals surface area contributed by atoms with Gasteiger partial charge in [0.25, 0.3) is 0 Å². The third-order valence-corrected chi connectivity index (χ3v) is 4.06. The quantitative estimate of drug-likeness (QED) is 0.778. The normalized spacial score (nSPS) is 10.0. The molecule has 0 spiro atoms. The zero-order valence-corrected chi connectivity index (χ0v) is 15.4. The highest BCUT2D eigenvalue weighted by Gasteiger charge is 2.13. The number of carbonyl (C=O) groups excluding carboxylic acids is 1. The van der Waals surface area contributed by atoms with E-state index in [0.717, 1.165) is 16.5 Å². The molecule has 0 aliphatic rings. The van der Waals surface area contributed by atoms with Crippen molar-refractivity contribution < 1.29 is 4.79 Å². The molecule has 0 atom stereocenters. The molecule has 1 amide bonds. The van der Waals surface area contributed by atoms with Gasteiger partial charge in [0.2, 0.25) is 5.91 Å². The van der Waals surface area contributed by atoms with Gasteiger partial charge in [-0.3, -0.25) is 4.79 Å². The van der Waals surface area contributed by atoms with Crippen molar-refractivity contribution in [3.05, 3.63) is 70.2 Å². The maximum atomic E-state index is 12.5. The first-order chi connectivity index (χ1) is 10.7. The van der Waals surface area contributed by atoms with Crippen LogP contribution in [-0.4, -0.2) is 30.4 Å². The maximum Gasteiger partial charge on any atom is 0.227 e. The van der Waals surface area contributed by atoms with E-state index in [9.17, 15) is 4.79 Å². The fourth-order valence-electron chi connectivity index (χ4n) is 2.31. The molecule has 0 heterocycles. The highest BCUT2D eigenvalue weighted by Crippen LogP contribution is 2.12. The van der Waals surface area contributed by atoms with E-state index >= 15 is 0 Å². The Kier molecular flexibility index (Phi) is 8.92. The summed E-state index contributed by atoms with van der Waals surface area (Å²) < 4.78 is 1.02. The molecular weight excluding hydrogens is 376 g/mol. The van der Waals surface area contributed by atoms with Gasteiger partial charge in [0, 0.05) is 24.1 Å².